The number of ether oxygens (including phenoxy) is 1. The zero-order valence-corrected chi connectivity index (χ0v) is 17.9. The molecule has 2 heterocycles. The van der Waals surface area contributed by atoms with Gasteiger partial charge in [-0.25, -0.2) is 14.2 Å². The van der Waals surface area contributed by atoms with Gasteiger partial charge in [0.15, 0.2) is 0 Å². The maximum Gasteiger partial charge on any atom is 0.336 e. The van der Waals surface area contributed by atoms with Crippen molar-refractivity contribution in [2.75, 3.05) is 17.7 Å². The third-order valence-electron chi connectivity index (χ3n) is 6.12. The Hall–Kier alpha value is -2.89. The SMILES string of the molecule is CCOC(=O)C1=C(C)Nc2nc3c(c(N)c2C1c1cccc(F)c1)CC(C)(C)CC3. The fourth-order valence-corrected chi connectivity index (χ4v) is 4.63. The lowest BCUT2D eigenvalue weighted by molar-refractivity contribution is -0.138. The lowest BCUT2D eigenvalue weighted by Crippen LogP contribution is -2.30. The molecule has 0 bridgehead atoms. The Kier molecular flexibility index (Phi) is 5.04. The molecule has 1 aromatic carbocycles. The van der Waals surface area contributed by atoms with E-state index in [1.807, 2.05) is 13.0 Å². The van der Waals surface area contributed by atoms with Crippen LogP contribution < -0.4 is 11.1 Å². The van der Waals surface area contributed by atoms with Crippen molar-refractivity contribution in [2.24, 2.45) is 5.41 Å². The average molecular weight is 410 g/mol. The number of nitrogens with zero attached hydrogens (tertiary/aromatic N) is 1. The quantitative estimate of drug-likeness (QED) is 0.718. The second kappa shape index (κ2) is 7.42. The second-order valence-corrected chi connectivity index (χ2v) is 8.93. The standard InChI is InChI=1S/C24H28FN3O2/c1-5-30-23(29)18-13(2)27-22-20(19(18)14-7-6-8-15(25)11-14)21(26)16-12-24(3,4)10-9-17(16)28-22/h6-8,11,19H,5,9-10,12H2,1-4H3,(H3,26,27,28). The molecule has 5 nitrogen and oxygen atoms in total. The molecule has 1 aliphatic heterocycles. The van der Waals surface area contributed by atoms with Gasteiger partial charge in [-0.1, -0.05) is 26.0 Å². The molecular formula is C24H28FN3O2. The highest BCUT2D eigenvalue weighted by molar-refractivity contribution is 5.95. The van der Waals surface area contributed by atoms with E-state index in [2.05, 4.69) is 19.2 Å². The van der Waals surface area contributed by atoms with Gasteiger partial charge in [-0.3, -0.25) is 0 Å². The van der Waals surface area contributed by atoms with Crippen LogP contribution in [-0.2, 0) is 22.4 Å². The van der Waals surface area contributed by atoms with Crippen LogP contribution in [-0.4, -0.2) is 17.6 Å². The minimum Gasteiger partial charge on any atom is -0.463 e. The number of rotatable bonds is 3. The molecule has 1 unspecified atom stereocenters. The van der Waals surface area contributed by atoms with Crippen molar-refractivity contribution >= 4 is 17.5 Å². The summed E-state index contributed by atoms with van der Waals surface area (Å²) in [5.74, 6) is -0.691. The van der Waals surface area contributed by atoms with E-state index in [0.29, 0.717) is 28.3 Å². The molecule has 3 N–H and O–H groups in total. The van der Waals surface area contributed by atoms with E-state index < -0.39 is 11.9 Å². The van der Waals surface area contributed by atoms with Crippen LogP contribution >= 0.6 is 0 Å². The van der Waals surface area contributed by atoms with E-state index in [1.54, 1.807) is 13.0 Å². The van der Waals surface area contributed by atoms with Crippen molar-refractivity contribution in [1.82, 2.24) is 4.98 Å². The number of allylic oxidation sites excluding steroid dienone is 1. The summed E-state index contributed by atoms with van der Waals surface area (Å²) in [6.45, 7) is 8.30. The zero-order valence-electron chi connectivity index (χ0n) is 17.9. The summed E-state index contributed by atoms with van der Waals surface area (Å²) < 4.78 is 19.5. The van der Waals surface area contributed by atoms with Crippen molar-refractivity contribution in [3.8, 4) is 0 Å². The number of halogens is 1. The van der Waals surface area contributed by atoms with Crippen molar-refractivity contribution in [1.29, 1.82) is 0 Å². The van der Waals surface area contributed by atoms with Gasteiger partial charge in [0.2, 0.25) is 0 Å². The molecule has 2 aromatic rings. The summed E-state index contributed by atoms with van der Waals surface area (Å²) >= 11 is 0. The Labute approximate surface area is 176 Å². The molecule has 30 heavy (non-hydrogen) atoms. The number of aryl methyl sites for hydroxylation is 1. The lowest BCUT2D eigenvalue weighted by Gasteiger charge is -2.36. The van der Waals surface area contributed by atoms with Crippen molar-refractivity contribution in [3.05, 3.63) is 63.7 Å². The number of aromatic nitrogens is 1. The first-order valence-corrected chi connectivity index (χ1v) is 10.4. The minimum atomic E-state index is -0.543. The fraction of sp³-hybridized carbons (Fsp3) is 0.417. The first-order chi connectivity index (χ1) is 14.2. The van der Waals surface area contributed by atoms with Crippen LogP contribution in [0.3, 0.4) is 0 Å². The highest BCUT2D eigenvalue weighted by Crippen LogP contribution is 2.48. The number of pyridine rings is 1. The van der Waals surface area contributed by atoms with Crippen molar-refractivity contribution < 1.29 is 13.9 Å². The van der Waals surface area contributed by atoms with Crippen LogP contribution in [0.2, 0.25) is 0 Å². The molecule has 1 aromatic heterocycles. The van der Waals surface area contributed by atoms with Gasteiger partial charge in [0.25, 0.3) is 0 Å². The Morgan fingerprint density at radius 3 is 2.87 bits per heavy atom. The third-order valence-corrected chi connectivity index (χ3v) is 6.12. The number of nitrogen functional groups attached to an aromatic ring is 1. The predicted molar refractivity (Wildman–Crippen MR) is 116 cm³/mol. The fourth-order valence-electron chi connectivity index (χ4n) is 4.63. The Bertz CT molecular complexity index is 1060. The number of anilines is 2. The number of esters is 1. The molecule has 0 radical (unpaired) electrons. The summed E-state index contributed by atoms with van der Waals surface area (Å²) in [6.07, 6.45) is 2.73. The van der Waals surface area contributed by atoms with Gasteiger partial charge in [0.05, 0.1) is 12.2 Å². The van der Waals surface area contributed by atoms with E-state index in [0.717, 1.165) is 36.1 Å². The Morgan fingerprint density at radius 1 is 1.40 bits per heavy atom. The number of nitrogens with one attached hydrogen (secondary N) is 1. The first kappa shape index (κ1) is 20.4. The summed E-state index contributed by atoms with van der Waals surface area (Å²) in [5.41, 5.74) is 12.0. The molecule has 0 saturated heterocycles. The summed E-state index contributed by atoms with van der Waals surface area (Å²) in [7, 11) is 0. The summed E-state index contributed by atoms with van der Waals surface area (Å²) in [6, 6.07) is 6.31. The highest BCUT2D eigenvalue weighted by Gasteiger charge is 2.38. The number of carbonyl (C=O) groups is 1. The number of carbonyl (C=O) groups excluding carboxylic acids is 1. The minimum absolute atomic E-state index is 0.128. The molecule has 0 amide bonds. The predicted octanol–water partition coefficient (Wildman–Crippen LogP) is 4.71. The molecule has 0 saturated carbocycles. The first-order valence-electron chi connectivity index (χ1n) is 10.4. The molecule has 1 aliphatic carbocycles. The maximum absolute atomic E-state index is 14.2. The molecule has 1 atom stereocenters. The van der Waals surface area contributed by atoms with Gasteiger partial charge in [0, 0.05) is 28.6 Å². The van der Waals surface area contributed by atoms with Crippen LogP contribution in [0, 0.1) is 11.2 Å². The smallest absolute Gasteiger partial charge is 0.336 e. The number of hydrogen-bond acceptors (Lipinski definition) is 5. The van der Waals surface area contributed by atoms with Crippen LogP contribution in [0.4, 0.5) is 15.9 Å². The van der Waals surface area contributed by atoms with E-state index >= 15 is 0 Å². The number of fused-ring (bicyclic) bond motifs is 2. The van der Waals surface area contributed by atoms with Gasteiger partial charge >= 0.3 is 5.97 Å². The van der Waals surface area contributed by atoms with Crippen molar-refractivity contribution in [2.45, 2.75) is 52.9 Å². The topological polar surface area (TPSA) is 77.2 Å². The molecule has 6 heteroatoms. The number of hydrogen-bond donors (Lipinski definition) is 2. The van der Waals surface area contributed by atoms with E-state index in [9.17, 15) is 9.18 Å². The monoisotopic (exact) mass is 409 g/mol. The largest absolute Gasteiger partial charge is 0.463 e. The molecule has 0 spiro atoms. The molecule has 0 fully saturated rings. The van der Waals surface area contributed by atoms with Crippen LogP contribution in [0.15, 0.2) is 35.5 Å². The van der Waals surface area contributed by atoms with Gasteiger partial charge in [-0.05, 0) is 61.8 Å². The second-order valence-electron chi connectivity index (χ2n) is 8.93. The zero-order chi connectivity index (χ0) is 21.6. The Morgan fingerprint density at radius 2 is 2.17 bits per heavy atom. The van der Waals surface area contributed by atoms with Crippen molar-refractivity contribution in [3.63, 3.8) is 0 Å². The van der Waals surface area contributed by atoms with E-state index in [4.69, 9.17) is 15.5 Å². The van der Waals surface area contributed by atoms with Gasteiger partial charge in [0.1, 0.15) is 11.6 Å². The maximum atomic E-state index is 14.2. The lowest BCUT2D eigenvalue weighted by atomic mass is 9.73. The van der Waals surface area contributed by atoms with Gasteiger partial charge in [-0.2, -0.15) is 0 Å². The van der Waals surface area contributed by atoms with Crippen LogP contribution in [0.5, 0.6) is 0 Å². The van der Waals surface area contributed by atoms with E-state index in [-0.39, 0.29) is 17.8 Å². The summed E-state index contributed by atoms with van der Waals surface area (Å²) in [5, 5.41) is 3.27. The van der Waals surface area contributed by atoms with E-state index in [1.165, 1.54) is 12.1 Å². The molecule has 158 valence electrons. The molecule has 2 aliphatic rings. The highest BCUT2D eigenvalue weighted by atomic mass is 19.1. The van der Waals surface area contributed by atoms with Gasteiger partial charge in [-0.15, -0.1) is 0 Å². The van der Waals surface area contributed by atoms with Gasteiger partial charge < -0.3 is 15.8 Å². The molecule has 4 rings (SSSR count). The normalized spacial score (nSPS) is 19.6. The number of nitrogens with two attached hydrogens (primary N) is 1. The van der Waals surface area contributed by atoms with Crippen LogP contribution in [0.25, 0.3) is 0 Å². The Balaban J connectivity index is 1.96. The summed E-state index contributed by atoms with van der Waals surface area (Å²) in [4.78, 5) is 17.8. The third kappa shape index (κ3) is 3.44. The molecular weight excluding hydrogens is 381 g/mol. The average Bonchev–Trinajstić information content (AvgIpc) is 2.67. The number of benzene rings is 1. The van der Waals surface area contributed by atoms with Crippen LogP contribution in [0.1, 0.15) is 62.4 Å².